The van der Waals surface area contributed by atoms with E-state index in [0.29, 0.717) is 24.2 Å². The second-order valence-corrected chi connectivity index (χ2v) is 7.82. The Kier molecular flexibility index (Phi) is 6.16. The fourth-order valence-corrected chi connectivity index (χ4v) is 3.68. The average Bonchev–Trinajstić information content (AvgIpc) is 2.68. The van der Waals surface area contributed by atoms with Gasteiger partial charge in [0.1, 0.15) is 0 Å². The van der Waals surface area contributed by atoms with Gasteiger partial charge in [0, 0.05) is 49.0 Å². The molecule has 0 saturated carbocycles. The molecule has 5 nitrogen and oxygen atoms in total. The van der Waals surface area contributed by atoms with Gasteiger partial charge in [-0.05, 0) is 65.2 Å². The fourth-order valence-electron chi connectivity index (χ4n) is 3.22. The number of nitrogens with one attached hydrogen (secondary N) is 1. The molecule has 0 unspecified atom stereocenters. The molecule has 0 aromatic heterocycles. The van der Waals surface area contributed by atoms with E-state index in [0.717, 1.165) is 23.0 Å². The molecule has 1 fully saturated rings. The Morgan fingerprint density at radius 3 is 2.26 bits per heavy atom. The van der Waals surface area contributed by atoms with Crippen LogP contribution in [0.15, 0.2) is 53.0 Å². The molecule has 2 aromatic rings. The number of likely N-dealkylation sites (tertiary alicyclic amines) is 1. The first-order chi connectivity index (χ1) is 13.0. The van der Waals surface area contributed by atoms with E-state index in [-0.39, 0.29) is 17.9 Å². The van der Waals surface area contributed by atoms with Crippen LogP contribution >= 0.6 is 15.9 Å². The van der Waals surface area contributed by atoms with Crippen molar-refractivity contribution in [2.24, 2.45) is 0 Å². The van der Waals surface area contributed by atoms with E-state index in [2.05, 4.69) is 21.2 Å². The Bertz CT molecular complexity index is 812. The summed E-state index contributed by atoms with van der Waals surface area (Å²) in [6.07, 6.45) is 1.52. The van der Waals surface area contributed by atoms with Crippen molar-refractivity contribution >= 4 is 33.4 Å². The van der Waals surface area contributed by atoms with Crippen LogP contribution in [-0.2, 0) is 0 Å². The van der Waals surface area contributed by atoms with Crippen LogP contribution in [0, 0.1) is 0 Å². The number of piperidine rings is 1. The zero-order chi connectivity index (χ0) is 19.4. The van der Waals surface area contributed by atoms with E-state index in [1.165, 1.54) is 0 Å². The number of carbonyl (C=O) groups excluding carboxylic acids is 2. The highest BCUT2D eigenvalue weighted by Gasteiger charge is 2.25. The largest absolute Gasteiger partial charge is 0.378 e. The van der Waals surface area contributed by atoms with Gasteiger partial charge in [-0.1, -0.05) is 12.1 Å². The molecule has 6 heteroatoms. The summed E-state index contributed by atoms with van der Waals surface area (Å²) in [5.74, 6) is -0.0255. The summed E-state index contributed by atoms with van der Waals surface area (Å²) in [5.41, 5.74) is 2.41. The monoisotopic (exact) mass is 429 g/mol. The number of rotatable bonds is 4. The Morgan fingerprint density at radius 2 is 1.67 bits per heavy atom. The molecule has 2 amide bonds. The second-order valence-electron chi connectivity index (χ2n) is 6.96. The summed E-state index contributed by atoms with van der Waals surface area (Å²) >= 11 is 3.41. The molecule has 0 radical (unpaired) electrons. The van der Waals surface area contributed by atoms with E-state index in [1.807, 2.05) is 66.4 Å². The van der Waals surface area contributed by atoms with Gasteiger partial charge in [-0.2, -0.15) is 0 Å². The van der Waals surface area contributed by atoms with Gasteiger partial charge in [0.2, 0.25) is 0 Å². The Hall–Kier alpha value is -2.34. The summed E-state index contributed by atoms with van der Waals surface area (Å²) in [6, 6.07) is 15.1. The van der Waals surface area contributed by atoms with Crippen molar-refractivity contribution in [2.75, 3.05) is 32.1 Å². The Labute approximate surface area is 168 Å². The standard InChI is InChI=1S/C21H24BrN3O2/c1-24(2)17-9-7-15(8-10-17)21(27)25-13-11-16(12-14-25)23-20(26)18-5-3-4-6-19(18)22/h3-10,16H,11-14H2,1-2H3,(H,23,26). The summed E-state index contributed by atoms with van der Waals surface area (Å²) < 4.78 is 0.788. The quantitative estimate of drug-likeness (QED) is 0.808. The van der Waals surface area contributed by atoms with Crippen LogP contribution in [0.2, 0.25) is 0 Å². The van der Waals surface area contributed by atoms with Gasteiger partial charge in [-0.15, -0.1) is 0 Å². The highest BCUT2D eigenvalue weighted by Crippen LogP contribution is 2.19. The summed E-state index contributed by atoms with van der Waals surface area (Å²) in [6.45, 7) is 1.30. The number of amides is 2. The zero-order valence-corrected chi connectivity index (χ0v) is 17.2. The molecule has 1 aliphatic rings. The molecule has 0 aliphatic carbocycles. The first-order valence-electron chi connectivity index (χ1n) is 9.08. The minimum atomic E-state index is -0.0773. The van der Waals surface area contributed by atoms with Gasteiger partial charge in [-0.3, -0.25) is 9.59 Å². The van der Waals surface area contributed by atoms with Crippen molar-refractivity contribution in [3.63, 3.8) is 0 Å². The molecule has 0 spiro atoms. The highest BCUT2D eigenvalue weighted by atomic mass is 79.9. The number of halogens is 1. The van der Waals surface area contributed by atoms with Gasteiger partial charge in [0.05, 0.1) is 5.56 Å². The molecular weight excluding hydrogens is 406 g/mol. The first kappa shape index (κ1) is 19.4. The normalized spacial score (nSPS) is 14.7. The molecule has 2 aromatic carbocycles. The van der Waals surface area contributed by atoms with E-state index < -0.39 is 0 Å². The minimum Gasteiger partial charge on any atom is -0.378 e. The van der Waals surface area contributed by atoms with Crippen molar-refractivity contribution in [3.8, 4) is 0 Å². The van der Waals surface area contributed by atoms with Crippen LogP contribution in [0.5, 0.6) is 0 Å². The maximum absolute atomic E-state index is 12.7. The van der Waals surface area contributed by atoms with Crippen molar-refractivity contribution in [2.45, 2.75) is 18.9 Å². The van der Waals surface area contributed by atoms with E-state index in [4.69, 9.17) is 0 Å². The highest BCUT2D eigenvalue weighted by molar-refractivity contribution is 9.10. The molecule has 1 saturated heterocycles. The van der Waals surface area contributed by atoms with Crippen molar-refractivity contribution in [1.82, 2.24) is 10.2 Å². The third-order valence-corrected chi connectivity index (χ3v) is 5.56. The molecule has 1 N–H and O–H groups in total. The van der Waals surface area contributed by atoms with Gasteiger partial charge >= 0.3 is 0 Å². The SMILES string of the molecule is CN(C)c1ccc(C(=O)N2CCC(NC(=O)c3ccccc3Br)CC2)cc1. The first-order valence-corrected chi connectivity index (χ1v) is 9.87. The number of carbonyl (C=O) groups is 2. The minimum absolute atomic E-state index is 0.0517. The van der Waals surface area contributed by atoms with Crippen LogP contribution in [0.3, 0.4) is 0 Å². The lowest BCUT2D eigenvalue weighted by Gasteiger charge is -2.32. The van der Waals surface area contributed by atoms with E-state index in [9.17, 15) is 9.59 Å². The lowest BCUT2D eigenvalue weighted by molar-refractivity contribution is 0.0698. The lowest BCUT2D eigenvalue weighted by atomic mass is 10.0. The Balaban J connectivity index is 1.54. The van der Waals surface area contributed by atoms with Gasteiger partial charge < -0.3 is 15.1 Å². The van der Waals surface area contributed by atoms with Crippen LogP contribution in [0.25, 0.3) is 0 Å². The van der Waals surface area contributed by atoms with Crippen LogP contribution in [0.1, 0.15) is 33.6 Å². The third kappa shape index (κ3) is 4.69. The van der Waals surface area contributed by atoms with Gasteiger partial charge in [0.25, 0.3) is 11.8 Å². The predicted octanol–water partition coefficient (Wildman–Crippen LogP) is 3.55. The lowest BCUT2D eigenvalue weighted by Crippen LogP contribution is -2.46. The number of benzene rings is 2. The topological polar surface area (TPSA) is 52.7 Å². The molecule has 1 aliphatic heterocycles. The van der Waals surface area contributed by atoms with Gasteiger partial charge in [-0.25, -0.2) is 0 Å². The number of nitrogens with zero attached hydrogens (tertiary/aromatic N) is 2. The number of hydrogen-bond donors (Lipinski definition) is 1. The summed E-state index contributed by atoms with van der Waals surface area (Å²) in [5, 5.41) is 3.08. The predicted molar refractivity (Wildman–Crippen MR) is 111 cm³/mol. The molecule has 27 heavy (non-hydrogen) atoms. The van der Waals surface area contributed by atoms with Crippen LogP contribution < -0.4 is 10.2 Å². The summed E-state index contributed by atoms with van der Waals surface area (Å²) in [7, 11) is 3.95. The maximum atomic E-state index is 12.7. The Morgan fingerprint density at radius 1 is 1.04 bits per heavy atom. The third-order valence-electron chi connectivity index (χ3n) is 4.87. The molecule has 142 valence electrons. The molecule has 0 bridgehead atoms. The van der Waals surface area contributed by atoms with E-state index >= 15 is 0 Å². The fraction of sp³-hybridized carbons (Fsp3) is 0.333. The smallest absolute Gasteiger partial charge is 0.253 e. The summed E-state index contributed by atoms with van der Waals surface area (Å²) in [4.78, 5) is 29.0. The average molecular weight is 430 g/mol. The van der Waals surface area contributed by atoms with E-state index in [1.54, 1.807) is 6.07 Å². The maximum Gasteiger partial charge on any atom is 0.253 e. The van der Waals surface area contributed by atoms with Crippen LogP contribution in [0.4, 0.5) is 5.69 Å². The van der Waals surface area contributed by atoms with Gasteiger partial charge in [0.15, 0.2) is 0 Å². The number of anilines is 1. The van der Waals surface area contributed by atoms with Crippen LogP contribution in [-0.4, -0.2) is 49.9 Å². The van der Waals surface area contributed by atoms with Crippen molar-refractivity contribution in [3.05, 3.63) is 64.1 Å². The second kappa shape index (κ2) is 8.57. The van der Waals surface area contributed by atoms with Crippen molar-refractivity contribution < 1.29 is 9.59 Å². The molecule has 0 atom stereocenters. The molecular formula is C21H24BrN3O2. The zero-order valence-electron chi connectivity index (χ0n) is 15.6. The molecule has 1 heterocycles. The van der Waals surface area contributed by atoms with Crippen molar-refractivity contribution in [1.29, 1.82) is 0 Å². The molecule has 3 rings (SSSR count). The number of hydrogen-bond acceptors (Lipinski definition) is 3.